The first-order valence-electron chi connectivity index (χ1n) is 6.96. The molecule has 0 aliphatic carbocycles. The predicted molar refractivity (Wildman–Crippen MR) is 84.0 cm³/mol. The van der Waals surface area contributed by atoms with E-state index in [-0.39, 0.29) is 5.92 Å². The van der Waals surface area contributed by atoms with Crippen LogP contribution in [0, 0.1) is 5.92 Å². The van der Waals surface area contributed by atoms with Crippen LogP contribution in [0.2, 0.25) is 5.02 Å². The molecule has 1 unspecified atom stereocenters. The molecule has 5 nitrogen and oxygen atoms in total. The zero-order valence-corrected chi connectivity index (χ0v) is 13.7. The Balaban J connectivity index is 1.97. The second-order valence-corrected chi connectivity index (χ2v) is 7.82. The van der Waals surface area contributed by atoms with Gasteiger partial charge in [0.25, 0.3) is 0 Å². The summed E-state index contributed by atoms with van der Waals surface area (Å²) in [5.41, 5.74) is 6.54. The molecule has 0 saturated carbocycles. The van der Waals surface area contributed by atoms with E-state index in [9.17, 15) is 8.42 Å². The molecule has 7 heteroatoms. The van der Waals surface area contributed by atoms with Crippen LogP contribution >= 0.6 is 11.6 Å². The van der Waals surface area contributed by atoms with E-state index >= 15 is 0 Å². The summed E-state index contributed by atoms with van der Waals surface area (Å²) in [4.78, 5) is 0. The molecule has 1 fully saturated rings. The van der Waals surface area contributed by atoms with E-state index in [2.05, 4.69) is 0 Å². The SMILES string of the molecule is CS(=O)(=O)N1CCCC(COc2ccc(Cl)cc2CN)C1. The van der Waals surface area contributed by atoms with Gasteiger partial charge in [0.2, 0.25) is 10.0 Å². The fraction of sp³-hybridized carbons (Fsp3) is 0.571. The van der Waals surface area contributed by atoms with Gasteiger partial charge in [0.1, 0.15) is 5.75 Å². The van der Waals surface area contributed by atoms with Gasteiger partial charge in [0.15, 0.2) is 0 Å². The van der Waals surface area contributed by atoms with Crippen LogP contribution in [0.25, 0.3) is 0 Å². The molecule has 0 amide bonds. The largest absolute Gasteiger partial charge is 0.493 e. The first-order chi connectivity index (χ1) is 9.90. The Morgan fingerprint density at radius 1 is 1.48 bits per heavy atom. The first kappa shape index (κ1) is 16.5. The van der Waals surface area contributed by atoms with E-state index < -0.39 is 10.0 Å². The zero-order chi connectivity index (χ0) is 15.5. The van der Waals surface area contributed by atoms with Gasteiger partial charge in [0, 0.05) is 36.1 Å². The molecular formula is C14H21ClN2O3S. The highest BCUT2D eigenvalue weighted by atomic mass is 35.5. The van der Waals surface area contributed by atoms with Crippen LogP contribution in [0.1, 0.15) is 18.4 Å². The van der Waals surface area contributed by atoms with Crippen LogP contribution in [-0.4, -0.2) is 38.7 Å². The van der Waals surface area contributed by atoms with Gasteiger partial charge in [-0.2, -0.15) is 0 Å². The second kappa shape index (κ2) is 6.96. The van der Waals surface area contributed by atoms with Gasteiger partial charge < -0.3 is 10.5 Å². The Morgan fingerprint density at radius 2 is 2.24 bits per heavy atom. The number of sulfonamides is 1. The number of ether oxygens (including phenoxy) is 1. The van der Waals surface area contributed by atoms with Crippen molar-refractivity contribution in [2.75, 3.05) is 26.0 Å². The van der Waals surface area contributed by atoms with Crippen molar-refractivity contribution in [3.8, 4) is 5.75 Å². The van der Waals surface area contributed by atoms with E-state index in [4.69, 9.17) is 22.1 Å². The number of hydrogen-bond donors (Lipinski definition) is 1. The highest BCUT2D eigenvalue weighted by Crippen LogP contribution is 2.25. The van der Waals surface area contributed by atoms with E-state index in [0.29, 0.717) is 31.3 Å². The number of hydrogen-bond acceptors (Lipinski definition) is 4. The van der Waals surface area contributed by atoms with Crippen LogP contribution in [0.3, 0.4) is 0 Å². The lowest BCUT2D eigenvalue weighted by Gasteiger charge is -2.30. The summed E-state index contributed by atoms with van der Waals surface area (Å²) in [6.45, 7) is 1.96. The van der Waals surface area contributed by atoms with Crippen LogP contribution in [-0.2, 0) is 16.6 Å². The molecule has 2 rings (SSSR count). The third kappa shape index (κ3) is 4.57. The van der Waals surface area contributed by atoms with Gasteiger partial charge in [-0.05, 0) is 31.0 Å². The minimum Gasteiger partial charge on any atom is -0.493 e. The lowest BCUT2D eigenvalue weighted by Crippen LogP contribution is -2.41. The van der Waals surface area contributed by atoms with Gasteiger partial charge in [0.05, 0.1) is 12.9 Å². The summed E-state index contributed by atoms with van der Waals surface area (Å²) in [7, 11) is -3.12. The van der Waals surface area contributed by atoms with Crippen LogP contribution < -0.4 is 10.5 Å². The smallest absolute Gasteiger partial charge is 0.211 e. The molecule has 0 aromatic heterocycles. The van der Waals surface area contributed by atoms with Crippen molar-refractivity contribution in [2.24, 2.45) is 11.7 Å². The van der Waals surface area contributed by atoms with E-state index in [0.717, 1.165) is 24.2 Å². The average Bonchev–Trinajstić information content (AvgIpc) is 2.45. The fourth-order valence-corrected chi connectivity index (χ4v) is 3.66. The third-order valence-corrected chi connectivity index (χ3v) is 5.17. The van der Waals surface area contributed by atoms with Crippen molar-refractivity contribution in [3.63, 3.8) is 0 Å². The maximum atomic E-state index is 11.6. The molecule has 0 bridgehead atoms. The van der Waals surface area contributed by atoms with E-state index in [1.807, 2.05) is 6.07 Å². The van der Waals surface area contributed by atoms with Crippen molar-refractivity contribution < 1.29 is 13.2 Å². The van der Waals surface area contributed by atoms with Gasteiger partial charge in [-0.25, -0.2) is 12.7 Å². The number of benzene rings is 1. The lowest BCUT2D eigenvalue weighted by molar-refractivity contribution is 0.180. The molecule has 1 heterocycles. The second-order valence-electron chi connectivity index (χ2n) is 5.40. The Labute approximate surface area is 131 Å². The topological polar surface area (TPSA) is 72.6 Å². The molecule has 1 aliphatic heterocycles. The Kier molecular flexibility index (Phi) is 5.48. The number of nitrogens with two attached hydrogens (primary N) is 1. The Morgan fingerprint density at radius 3 is 2.90 bits per heavy atom. The molecule has 0 radical (unpaired) electrons. The summed E-state index contributed by atoms with van der Waals surface area (Å²) in [6.07, 6.45) is 3.09. The molecule has 1 aromatic carbocycles. The number of rotatable bonds is 5. The van der Waals surface area contributed by atoms with Gasteiger partial charge in [-0.15, -0.1) is 0 Å². The number of halogens is 1. The highest BCUT2D eigenvalue weighted by molar-refractivity contribution is 7.88. The summed E-state index contributed by atoms with van der Waals surface area (Å²) in [5, 5.41) is 0.628. The van der Waals surface area contributed by atoms with Crippen LogP contribution in [0.15, 0.2) is 18.2 Å². The number of nitrogens with zero attached hydrogens (tertiary/aromatic N) is 1. The lowest BCUT2D eigenvalue weighted by atomic mass is 10.0. The molecule has 1 aromatic rings. The minimum atomic E-state index is -3.12. The van der Waals surface area contributed by atoms with Crippen LogP contribution in [0.5, 0.6) is 5.75 Å². The monoisotopic (exact) mass is 332 g/mol. The molecule has 1 aliphatic rings. The molecule has 0 spiro atoms. The van der Waals surface area contributed by atoms with Crippen molar-refractivity contribution >= 4 is 21.6 Å². The molecule has 118 valence electrons. The van der Waals surface area contributed by atoms with Crippen molar-refractivity contribution in [3.05, 3.63) is 28.8 Å². The van der Waals surface area contributed by atoms with Gasteiger partial charge in [-0.3, -0.25) is 0 Å². The van der Waals surface area contributed by atoms with Crippen LogP contribution in [0.4, 0.5) is 0 Å². The minimum absolute atomic E-state index is 0.203. The maximum absolute atomic E-state index is 11.6. The number of piperidine rings is 1. The molecular weight excluding hydrogens is 312 g/mol. The maximum Gasteiger partial charge on any atom is 0.211 e. The van der Waals surface area contributed by atoms with Crippen molar-refractivity contribution in [2.45, 2.75) is 19.4 Å². The fourth-order valence-electron chi connectivity index (χ4n) is 2.52. The third-order valence-electron chi connectivity index (χ3n) is 3.67. The average molecular weight is 333 g/mol. The predicted octanol–water partition coefficient (Wildman–Crippen LogP) is 1.85. The molecule has 1 saturated heterocycles. The first-order valence-corrected chi connectivity index (χ1v) is 9.19. The summed E-state index contributed by atoms with van der Waals surface area (Å²) < 4.78 is 30.5. The van der Waals surface area contributed by atoms with Gasteiger partial charge >= 0.3 is 0 Å². The Hall–Kier alpha value is -0.820. The Bertz CT molecular complexity index is 592. The van der Waals surface area contributed by atoms with E-state index in [1.165, 1.54) is 10.6 Å². The standard InChI is InChI=1S/C14H21ClN2O3S/c1-21(18,19)17-6-2-3-11(9-17)10-20-14-5-4-13(15)7-12(14)8-16/h4-5,7,11H,2-3,6,8-10,16H2,1H3. The molecule has 1 atom stereocenters. The van der Waals surface area contributed by atoms with Crippen molar-refractivity contribution in [1.29, 1.82) is 0 Å². The quantitative estimate of drug-likeness (QED) is 0.893. The summed E-state index contributed by atoms with van der Waals surface area (Å²) in [5.74, 6) is 0.924. The molecule has 21 heavy (non-hydrogen) atoms. The molecule has 2 N–H and O–H groups in total. The van der Waals surface area contributed by atoms with Gasteiger partial charge in [-0.1, -0.05) is 11.6 Å². The summed E-state index contributed by atoms with van der Waals surface area (Å²) in [6, 6.07) is 5.36. The highest BCUT2D eigenvalue weighted by Gasteiger charge is 2.26. The summed E-state index contributed by atoms with van der Waals surface area (Å²) >= 11 is 5.93. The van der Waals surface area contributed by atoms with E-state index in [1.54, 1.807) is 12.1 Å². The van der Waals surface area contributed by atoms with Crippen molar-refractivity contribution in [1.82, 2.24) is 4.31 Å². The normalized spacial score (nSPS) is 20.4. The zero-order valence-electron chi connectivity index (χ0n) is 12.1.